The maximum atomic E-state index is 12.4. The number of nitrogens with zero attached hydrogens (tertiary/aromatic N) is 2. The highest BCUT2D eigenvalue weighted by Crippen LogP contribution is 2.32. The number of nitrogens with one attached hydrogen (secondary N) is 1. The molecule has 1 N–H and O–H groups in total. The van der Waals surface area contributed by atoms with Crippen molar-refractivity contribution in [3.05, 3.63) is 108 Å². The first-order valence-electron chi connectivity index (χ1n) is 11.2. The van der Waals surface area contributed by atoms with Crippen LogP contribution < -0.4 is 5.32 Å². The Labute approximate surface area is 207 Å². The van der Waals surface area contributed by atoms with Crippen LogP contribution in [0, 0.1) is 0 Å². The van der Waals surface area contributed by atoms with Gasteiger partial charge in [0.1, 0.15) is 0 Å². The molecule has 0 aliphatic carbocycles. The largest absolute Gasteiger partial charge is 0.459 e. The van der Waals surface area contributed by atoms with Crippen LogP contribution in [0.2, 0.25) is 0 Å². The molecule has 0 bridgehead atoms. The molecular formula is C27H25N3O4S. The van der Waals surface area contributed by atoms with Gasteiger partial charge in [0.2, 0.25) is 11.8 Å². The number of ether oxygens (including phenoxy) is 1. The van der Waals surface area contributed by atoms with Gasteiger partial charge in [-0.3, -0.25) is 4.79 Å². The Bertz CT molecular complexity index is 1220. The van der Waals surface area contributed by atoms with Crippen molar-refractivity contribution in [1.29, 1.82) is 0 Å². The monoisotopic (exact) mass is 487 g/mol. The molecule has 0 aliphatic rings. The maximum Gasteiger partial charge on any atom is 0.338 e. The Morgan fingerprint density at radius 2 is 1.49 bits per heavy atom. The quantitative estimate of drug-likeness (QED) is 0.244. The van der Waals surface area contributed by atoms with Gasteiger partial charge in [-0.2, -0.15) is 0 Å². The first-order valence-corrected chi connectivity index (χ1v) is 12.1. The predicted molar refractivity (Wildman–Crippen MR) is 134 cm³/mol. The van der Waals surface area contributed by atoms with Crippen molar-refractivity contribution in [3.8, 4) is 0 Å². The lowest BCUT2D eigenvalue weighted by molar-refractivity contribution is -0.113. The SMILES string of the molecule is CC(C)OC(=O)c1ccc(NC(=O)CSc2nnc(C(c3ccccc3)c3ccccc3)o2)cc1. The average molecular weight is 488 g/mol. The van der Waals surface area contributed by atoms with Gasteiger partial charge in [-0.1, -0.05) is 72.4 Å². The van der Waals surface area contributed by atoms with Crippen LogP contribution in [0.5, 0.6) is 0 Å². The number of rotatable bonds is 9. The highest BCUT2D eigenvalue weighted by Gasteiger charge is 2.23. The highest BCUT2D eigenvalue weighted by molar-refractivity contribution is 7.99. The summed E-state index contributed by atoms with van der Waals surface area (Å²) < 4.78 is 11.1. The number of amides is 1. The smallest absolute Gasteiger partial charge is 0.338 e. The van der Waals surface area contributed by atoms with E-state index >= 15 is 0 Å². The minimum absolute atomic E-state index is 0.0973. The van der Waals surface area contributed by atoms with Gasteiger partial charge in [-0.25, -0.2) is 4.79 Å². The van der Waals surface area contributed by atoms with E-state index < -0.39 is 5.97 Å². The summed E-state index contributed by atoms with van der Waals surface area (Å²) >= 11 is 1.16. The van der Waals surface area contributed by atoms with E-state index in [9.17, 15) is 9.59 Å². The van der Waals surface area contributed by atoms with E-state index in [1.807, 2.05) is 60.7 Å². The molecule has 0 spiro atoms. The number of thioether (sulfide) groups is 1. The van der Waals surface area contributed by atoms with Crippen LogP contribution >= 0.6 is 11.8 Å². The fraction of sp³-hybridized carbons (Fsp3) is 0.185. The summed E-state index contributed by atoms with van der Waals surface area (Å²) in [4.78, 5) is 24.4. The van der Waals surface area contributed by atoms with E-state index in [4.69, 9.17) is 9.15 Å². The summed E-state index contributed by atoms with van der Waals surface area (Å²) in [5.41, 5.74) is 3.08. The van der Waals surface area contributed by atoms with Crippen molar-refractivity contribution in [1.82, 2.24) is 10.2 Å². The molecule has 1 aromatic heterocycles. The van der Waals surface area contributed by atoms with Crippen LogP contribution in [0.3, 0.4) is 0 Å². The number of carbonyl (C=O) groups excluding carboxylic acids is 2. The summed E-state index contributed by atoms with van der Waals surface area (Å²) in [5, 5.41) is 11.5. The molecule has 8 heteroatoms. The lowest BCUT2D eigenvalue weighted by atomic mass is 9.91. The van der Waals surface area contributed by atoms with Gasteiger partial charge in [0, 0.05) is 5.69 Å². The van der Waals surface area contributed by atoms with Crippen LogP contribution in [0.25, 0.3) is 0 Å². The molecule has 0 saturated carbocycles. The zero-order valence-electron chi connectivity index (χ0n) is 19.4. The number of hydrogen-bond donors (Lipinski definition) is 1. The van der Waals surface area contributed by atoms with Crippen LogP contribution in [-0.4, -0.2) is 33.9 Å². The lowest BCUT2D eigenvalue weighted by Crippen LogP contribution is -2.14. The Morgan fingerprint density at radius 3 is 2.06 bits per heavy atom. The number of carbonyl (C=O) groups is 2. The molecule has 1 amide bonds. The second kappa shape index (κ2) is 11.5. The predicted octanol–water partition coefficient (Wildman–Crippen LogP) is 5.55. The molecule has 0 atom stereocenters. The van der Waals surface area contributed by atoms with E-state index in [0.29, 0.717) is 22.4 Å². The number of hydrogen-bond acceptors (Lipinski definition) is 7. The molecule has 4 rings (SSSR count). The molecule has 0 unspecified atom stereocenters. The van der Waals surface area contributed by atoms with Gasteiger partial charge >= 0.3 is 5.97 Å². The highest BCUT2D eigenvalue weighted by atomic mass is 32.2. The van der Waals surface area contributed by atoms with Crippen LogP contribution in [0.1, 0.15) is 47.1 Å². The van der Waals surface area contributed by atoms with Gasteiger partial charge in [-0.05, 0) is 49.2 Å². The molecule has 35 heavy (non-hydrogen) atoms. The summed E-state index contributed by atoms with van der Waals surface area (Å²) in [7, 11) is 0. The minimum atomic E-state index is -0.398. The third kappa shape index (κ3) is 6.58. The van der Waals surface area contributed by atoms with E-state index in [2.05, 4.69) is 15.5 Å². The zero-order chi connectivity index (χ0) is 24.6. The number of anilines is 1. The molecule has 0 aliphatic heterocycles. The molecular weight excluding hydrogens is 462 g/mol. The Hall–Kier alpha value is -3.91. The molecule has 7 nitrogen and oxygen atoms in total. The van der Waals surface area contributed by atoms with Crippen molar-refractivity contribution in [3.63, 3.8) is 0 Å². The fourth-order valence-corrected chi connectivity index (χ4v) is 4.03. The van der Waals surface area contributed by atoms with Gasteiger partial charge in [0.25, 0.3) is 5.22 Å². The number of aromatic nitrogens is 2. The van der Waals surface area contributed by atoms with Crippen molar-refractivity contribution < 1.29 is 18.7 Å². The molecule has 178 valence electrons. The Kier molecular flexibility index (Phi) is 7.95. The van der Waals surface area contributed by atoms with E-state index in [-0.39, 0.29) is 23.7 Å². The van der Waals surface area contributed by atoms with Gasteiger partial charge < -0.3 is 14.5 Å². The molecule has 1 heterocycles. The standard InChI is InChI=1S/C27H25N3O4S/c1-18(2)33-26(32)21-13-15-22(16-14-21)28-23(31)17-35-27-30-29-25(34-27)24(19-9-5-3-6-10-19)20-11-7-4-8-12-20/h3-16,18,24H,17H2,1-2H3,(H,28,31). The first-order chi connectivity index (χ1) is 17.0. The van der Waals surface area contributed by atoms with Gasteiger partial charge in [-0.15, -0.1) is 10.2 Å². The van der Waals surface area contributed by atoms with Crippen LogP contribution in [-0.2, 0) is 9.53 Å². The third-order valence-corrected chi connectivity index (χ3v) is 5.83. The van der Waals surface area contributed by atoms with Crippen molar-refractivity contribution in [2.75, 3.05) is 11.1 Å². The Morgan fingerprint density at radius 1 is 0.886 bits per heavy atom. The number of esters is 1. The van der Waals surface area contributed by atoms with E-state index in [0.717, 1.165) is 22.9 Å². The zero-order valence-corrected chi connectivity index (χ0v) is 20.2. The Balaban J connectivity index is 1.38. The summed E-state index contributed by atoms with van der Waals surface area (Å²) in [5.74, 6) is -0.261. The van der Waals surface area contributed by atoms with Crippen LogP contribution in [0.15, 0.2) is 94.6 Å². The maximum absolute atomic E-state index is 12.4. The lowest BCUT2D eigenvalue weighted by Gasteiger charge is -2.13. The van der Waals surface area contributed by atoms with Gasteiger partial charge in [0.05, 0.1) is 23.3 Å². The van der Waals surface area contributed by atoms with Crippen molar-refractivity contribution in [2.45, 2.75) is 31.1 Å². The number of benzene rings is 3. The topological polar surface area (TPSA) is 94.3 Å². The molecule has 3 aromatic carbocycles. The molecule has 4 aromatic rings. The second-order valence-corrected chi connectivity index (χ2v) is 8.96. The molecule has 0 radical (unpaired) electrons. The summed E-state index contributed by atoms with van der Waals surface area (Å²) in [6.07, 6.45) is -0.195. The van der Waals surface area contributed by atoms with Gasteiger partial charge in [0.15, 0.2) is 0 Å². The second-order valence-electron chi connectivity index (χ2n) is 8.03. The summed E-state index contributed by atoms with van der Waals surface area (Å²) in [6.45, 7) is 3.58. The normalized spacial score (nSPS) is 11.0. The van der Waals surface area contributed by atoms with Crippen LogP contribution in [0.4, 0.5) is 5.69 Å². The van der Waals surface area contributed by atoms with E-state index in [1.165, 1.54) is 0 Å². The van der Waals surface area contributed by atoms with Crippen molar-refractivity contribution >= 4 is 29.3 Å². The first kappa shape index (κ1) is 24.2. The third-order valence-electron chi connectivity index (χ3n) is 5.01. The molecule has 0 fully saturated rings. The van der Waals surface area contributed by atoms with E-state index in [1.54, 1.807) is 38.1 Å². The minimum Gasteiger partial charge on any atom is -0.459 e. The average Bonchev–Trinajstić information content (AvgIpc) is 3.33. The van der Waals surface area contributed by atoms with Crippen molar-refractivity contribution in [2.24, 2.45) is 0 Å². The summed E-state index contributed by atoms with van der Waals surface area (Å²) in [6, 6.07) is 26.5. The fourth-order valence-electron chi connectivity index (χ4n) is 3.46. The molecule has 0 saturated heterocycles.